The molecule has 14 heavy (non-hydrogen) atoms. The first-order valence-electron chi connectivity index (χ1n) is 5.07. The number of carbonyl (C=O) groups is 1. The number of nitrogens with zero attached hydrogens (tertiary/aromatic N) is 1. The fraction of sp³-hybridized carbons (Fsp3) is 0.900. The SMILES string of the molecule is CNC(=O)CC(C)NCC(C)N(C)C. The molecule has 0 aliphatic heterocycles. The Balaban J connectivity index is 3.63. The number of nitrogens with one attached hydrogen (secondary N) is 2. The lowest BCUT2D eigenvalue weighted by Gasteiger charge is -2.22. The summed E-state index contributed by atoms with van der Waals surface area (Å²) in [5, 5.41) is 5.94. The van der Waals surface area contributed by atoms with Gasteiger partial charge in [0.05, 0.1) is 0 Å². The van der Waals surface area contributed by atoms with Crippen LogP contribution in [-0.4, -0.2) is 50.6 Å². The topological polar surface area (TPSA) is 44.4 Å². The zero-order valence-electron chi connectivity index (χ0n) is 9.92. The molecule has 4 heteroatoms. The van der Waals surface area contributed by atoms with Gasteiger partial charge in [0.2, 0.25) is 5.91 Å². The summed E-state index contributed by atoms with van der Waals surface area (Å²) < 4.78 is 0. The molecular formula is C10H23N3O. The van der Waals surface area contributed by atoms with Crippen LogP contribution in [-0.2, 0) is 4.79 Å². The van der Waals surface area contributed by atoms with Gasteiger partial charge in [-0.3, -0.25) is 4.79 Å². The van der Waals surface area contributed by atoms with E-state index in [1.54, 1.807) is 7.05 Å². The van der Waals surface area contributed by atoms with Crippen molar-refractivity contribution >= 4 is 5.91 Å². The maximum Gasteiger partial charge on any atom is 0.221 e. The van der Waals surface area contributed by atoms with E-state index >= 15 is 0 Å². The van der Waals surface area contributed by atoms with Crippen LogP contribution < -0.4 is 10.6 Å². The van der Waals surface area contributed by atoms with Crippen LogP contribution in [0.15, 0.2) is 0 Å². The van der Waals surface area contributed by atoms with Crippen LogP contribution in [0.5, 0.6) is 0 Å². The predicted octanol–water partition coefficient (Wildman–Crippen LogP) is 0.0507. The van der Waals surface area contributed by atoms with Crippen LogP contribution in [0.25, 0.3) is 0 Å². The number of hydrogen-bond acceptors (Lipinski definition) is 3. The van der Waals surface area contributed by atoms with Crippen LogP contribution in [0.4, 0.5) is 0 Å². The molecule has 0 aromatic rings. The van der Waals surface area contributed by atoms with Crippen LogP contribution in [0.1, 0.15) is 20.3 Å². The van der Waals surface area contributed by atoms with E-state index in [9.17, 15) is 4.79 Å². The summed E-state index contributed by atoms with van der Waals surface area (Å²) >= 11 is 0. The van der Waals surface area contributed by atoms with E-state index in [-0.39, 0.29) is 11.9 Å². The highest BCUT2D eigenvalue weighted by atomic mass is 16.1. The summed E-state index contributed by atoms with van der Waals surface area (Å²) in [6.45, 7) is 5.09. The maximum atomic E-state index is 11.0. The van der Waals surface area contributed by atoms with Gasteiger partial charge >= 0.3 is 0 Å². The smallest absolute Gasteiger partial charge is 0.221 e. The zero-order valence-corrected chi connectivity index (χ0v) is 9.92. The third-order valence-corrected chi connectivity index (χ3v) is 2.41. The van der Waals surface area contributed by atoms with E-state index in [1.807, 2.05) is 6.92 Å². The Hall–Kier alpha value is -0.610. The van der Waals surface area contributed by atoms with Gasteiger partial charge in [0.15, 0.2) is 0 Å². The summed E-state index contributed by atoms with van der Waals surface area (Å²) in [4.78, 5) is 13.2. The second kappa shape index (κ2) is 6.79. The predicted molar refractivity (Wildman–Crippen MR) is 59.3 cm³/mol. The van der Waals surface area contributed by atoms with Crippen LogP contribution >= 0.6 is 0 Å². The van der Waals surface area contributed by atoms with Gasteiger partial charge in [-0.2, -0.15) is 0 Å². The van der Waals surface area contributed by atoms with E-state index in [1.165, 1.54) is 0 Å². The molecule has 0 rings (SSSR count). The zero-order chi connectivity index (χ0) is 11.1. The van der Waals surface area contributed by atoms with Crippen molar-refractivity contribution in [2.24, 2.45) is 0 Å². The van der Waals surface area contributed by atoms with Gasteiger partial charge < -0.3 is 15.5 Å². The van der Waals surface area contributed by atoms with Gasteiger partial charge in [-0.1, -0.05) is 0 Å². The van der Waals surface area contributed by atoms with Crippen molar-refractivity contribution in [3.8, 4) is 0 Å². The first kappa shape index (κ1) is 13.4. The molecule has 1 amide bonds. The highest BCUT2D eigenvalue weighted by Crippen LogP contribution is 1.93. The molecule has 0 spiro atoms. The average Bonchev–Trinajstić information content (AvgIpc) is 2.13. The second-order valence-electron chi connectivity index (χ2n) is 4.00. The van der Waals surface area contributed by atoms with Crippen LogP contribution in [0.3, 0.4) is 0 Å². The lowest BCUT2D eigenvalue weighted by Crippen LogP contribution is -2.40. The van der Waals surface area contributed by atoms with E-state index in [2.05, 4.69) is 36.6 Å². The van der Waals surface area contributed by atoms with Gasteiger partial charge in [-0.15, -0.1) is 0 Å². The molecule has 84 valence electrons. The Morgan fingerprint density at radius 2 is 1.93 bits per heavy atom. The van der Waals surface area contributed by atoms with E-state index < -0.39 is 0 Å². The molecule has 0 bridgehead atoms. The van der Waals surface area contributed by atoms with Crippen molar-refractivity contribution in [3.63, 3.8) is 0 Å². The normalized spacial score (nSPS) is 15.3. The summed E-state index contributed by atoms with van der Waals surface area (Å²) in [5.74, 6) is 0.0857. The van der Waals surface area contributed by atoms with Crippen LogP contribution in [0.2, 0.25) is 0 Å². The third-order valence-electron chi connectivity index (χ3n) is 2.41. The molecule has 0 fully saturated rings. The third kappa shape index (κ3) is 5.94. The molecule has 0 aromatic carbocycles. The molecule has 0 saturated heterocycles. The number of rotatable bonds is 6. The monoisotopic (exact) mass is 201 g/mol. The first-order chi connectivity index (χ1) is 6.47. The van der Waals surface area contributed by atoms with E-state index in [0.29, 0.717) is 12.5 Å². The van der Waals surface area contributed by atoms with Crippen molar-refractivity contribution in [1.29, 1.82) is 0 Å². The number of hydrogen-bond donors (Lipinski definition) is 2. The summed E-state index contributed by atoms with van der Waals surface area (Å²) in [7, 11) is 5.77. The minimum atomic E-state index is 0.0857. The van der Waals surface area contributed by atoms with Gasteiger partial charge in [-0.05, 0) is 27.9 Å². The molecule has 0 aliphatic rings. The van der Waals surface area contributed by atoms with Gasteiger partial charge in [0, 0.05) is 32.1 Å². The molecule has 4 nitrogen and oxygen atoms in total. The van der Waals surface area contributed by atoms with Gasteiger partial charge in [0.25, 0.3) is 0 Å². The molecule has 0 aliphatic carbocycles. The van der Waals surface area contributed by atoms with Crippen molar-refractivity contribution in [2.75, 3.05) is 27.7 Å². The molecule has 2 unspecified atom stereocenters. The Kier molecular flexibility index (Phi) is 6.49. The maximum absolute atomic E-state index is 11.0. The molecular weight excluding hydrogens is 178 g/mol. The molecule has 0 saturated carbocycles. The Labute approximate surface area is 87.0 Å². The average molecular weight is 201 g/mol. The van der Waals surface area contributed by atoms with Crippen molar-refractivity contribution in [2.45, 2.75) is 32.4 Å². The molecule has 0 aromatic heterocycles. The first-order valence-corrected chi connectivity index (χ1v) is 5.07. The molecule has 2 atom stereocenters. The Bertz CT molecular complexity index is 171. The van der Waals surface area contributed by atoms with E-state index in [4.69, 9.17) is 0 Å². The standard InChI is InChI=1S/C10H23N3O/c1-8(6-10(14)11-3)12-7-9(2)13(4)5/h8-9,12H,6-7H2,1-5H3,(H,11,14). The minimum Gasteiger partial charge on any atom is -0.359 e. The lowest BCUT2D eigenvalue weighted by atomic mass is 10.2. The Morgan fingerprint density at radius 3 is 2.36 bits per heavy atom. The molecule has 2 N–H and O–H groups in total. The second-order valence-corrected chi connectivity index (χ2v) is 4.00. The molecule has 0 radical (unpaired) electrons. The summed E-state index contributed by atoms with van der Waals surface area (Å²) in [5.41, 5.74) is 0. The largest absolute Gasteiger partial charge is 0.359 e. The van der Waals surface area contributed by atoms with Crippen molar-refractivity contribution in [3.05, 3.63) is 0 Å². The fourth-order valence-electron chi connectivity index (χ4n) is 1.01. The molecule has 0 heterocycles. The summed E-state index contributed by atoms with van der Waals surface area (Å²) in [6, 6.07) is 0.722. The van der Waals surface area contributed by atoms with Gasteiger partial charge in [-0.25, -0.2) is 0 Å². The Morgan fingerprint density at radius 1 is 1.36 bits per heavy atom. The van der Waals surface area contributed by atoms with Crippen LogP contribution in [0, 0.1) is 0 Å². The minimum absolute atomic E-state index is 0.0857. The summed E-state index contributed by atoms with van der Waals surface area (Å²) in [6.07, 6.45) is 0.538. The number of likely N-dealkylation sites (N-methyl/N-ethyl adjacent to an activating group) is 1. The highest BCUT2D eigenvalue weighted by molar-refractivity contribution is 5.76. The fourth-order valence-corrected chi connectivity index (χ4v) is 1.01. The van der Waals surface area contributed by atoms with Crippen molar-refractivity contribution < 1.29 is 4.79 Å². The number of carbonyl (C=O) groups excluding carboxylic acids is 1. The van der Waals surface area contributed by atoms with Crippen molar-refractivity contribution in [1.82, 2.24) is 15.5 Å². The quantitative estimate of drug-likeness (QED) is 0.638. The van der Waals surface area contributed by atoms with E-state index in [0.717, 1.165) is 6.54 Å². The lowest BCUT2D eigenvalue weighted by molar-refractivity contribution is -0.121. The van der Waals surface area contributed by atoms with Gasteiger partial charge in [0.1, 0.15) is 0 Å². The number of amides is 1. The highest BCUT2D eigenvalue weighted by Gasteiger charge is 2.09.